The molecule has 84 valence electrons. The van der Waals surface area contributed by atoms with Crippen LogP contribution in [-0.2, 0) is 0 Å². The van der Waals surface area contributed by atoms with Crippen molar-refractivity contribution in [2.75, 3.05) is 19.6 Å². The SMILES string of the molecule is CCCN1CCCC(CCC(C)N)C1. The Hall–Kier alpha value is -0.0800. The van der Waals surface area contributed by atoms with Crippen LogP contribution in [0.1, 0.15) is 46.0 Å². The van der Waals surface area contributed by atoms with E-state index in [-0.39, 0.29) is 0 Å². The molecule has 0 saturated carbocycles. The molecule has 1 fully saturated rings. The van der Waals surface area contributed by atoms with Gasteiger partial charge >= 0.3 is 0 Å². The van der Waals surface area contributed by atoms with Crippen molar-refractivity contribution >= 4 is 0 Å². The summed E-state index contributed by atoms with van der Waals surface area (Å²) < 4.78 is 0. The molecule has 0 bridgehead atoms. The quantitative estimate of drug-likeness (QED) is 0.734. The Morgan fingerprint density at radius 1 is 1.50 bits per heavy atom. The highest BCUT2D eigenvalue weighted by atomic mass is 15.1. The molecule has 0 aromatic heterocycles. The second-order valence-corrected chi connectivity index (χ2v) is 4.86. The number of hydrogen-bond acceptors (Lipinski definition) is 2. The maximum absolute atomic E-state index is 5.79. The summed E-state index contributed by atoms with van der Waals surface area (Å²) in [6, 6.07) is 0.386. The van der Waals surface area contributed by atoms with Crippen molar-refractivity contribution in [3.63, 3.8) is 0 Å². The monoisotopic (exact) mass is 198 g/mol. The molecule has 14 heavy (non-hydrogen) atoms. The Balaban J connectivity index is 2.18. The van der Waals surface area contributed by atoms with Crippen LogP contribution in [0.5, 0.6) is 0 Å². The standard InChI is InChI=1S/C12H26N2/c1-3-8-14-9-4-5-12(10-14)7-6-11(2)13/h11-12H,3-10,13H2,1-2H3. The van der Waals surface area contributed by atoms with Crippen LogP contribution >= 0.6 is 0 Å². The first-order valence-corrected chi connectivity index (χ1v) is 6.20. The third-order valence-electron chi connectivity index (χ3n) is 3.17. The fourth-order valence-corrected chi connectivity index (χ4v) is 2.40. The van der Waals surface area contributed by atoms with E-state index < -0.39 is 0 Å². The zero-order valence-corrected chi connectivity index (χ0v) is 9.84. The van der Waals surface area contributed by atoms with Gasteiger partial charge in [0.25, 0.3) is 0 Å². The fraction of sp³-hybridized carbons (Fsp3) is 1.00. The number of nitrogens with two attached hydrogens (primary N) is 1. The molecule has 2 nitrogen and oxygen atoms in total. The zero-order valence-electron chi connectivity index (χ0n) is 9.84. The van der Waals surface area contributed by atoms with Gasteiger partial charge < -0.3 is 10.6 Å². The van der Waals surface area contributed by atoms with E-state index in [1.54, 1.807) is 0 Å². The van der Waals surface area contributed by atoms with Gasteiger partial charge in [-0.15, -0.1) is 0 Å². The normalized spacial score (nSPS) is 26.4. The summed E-state index contributed by atoms with van der Waals surface area (Å²) in [7, 11) is 0. The van der Waals surface area contributed by atoms with Gasteiger partial charge in [-0.1, -0.05) is 6.92 Å². The summed E-state index contributed by atoms with van der Waals surface area (Å²) >= 11 is 0. The molecule has 1 saturated heterocycles. The Morgan fingerprint density at radius 3 is 2.93 bits per heavy atom. The van der Waals surface area contributed by atoms with E-state index >= 15 is 0 Å². The average Bonchev–Trinajstić information content (AvgIpc) is 2.16. The van der Waals surface area contributed by atoms with Gasteiger partial charge in [-0.05, 0) is 58.0 Å². The Bertz CT molecular complexity index is 143. The van der Waals surface area contributed by atoms with Crippen molar-refractivity contribution in [3.8, 4) is 0 Å². The van der Waals surface area contributed by atoms with Crippen LogP contribution < -0.4 is 5.73 Å². The maximum atomic E-state index is 5.79. The molecule has 0 spiro atoms. The minimum absolute atomic E-state index is 0.386. The van der Waals surface area contributed by atoms with Crippen LogP contribution in [-0.4, -0.2) is 30.6 Å². The minimum Gasteiger partial charge on any atom is -0.328 e. The van der Waals surface area contributed by atoms with E-state index in [1.165, 1.54) is 51.7 Å². The van der Waals surface area contributed by atoms with Gasteiger partial charge in [0.2, 0.25) is 0 Å². The summed E-state index contributed by atoms with van der Waals surface area (Å²) in [6.45, 7) is 8.32. The third-order valence-corrected chi connectivity index (χ3v) is 3.17. The van der Waals surface area contributed by atoms with E-state index in [0.717, 1.165) is 5.92 Å². The molecule has 2 N–H and O–H groups in total. The second-order valence-electron chi connectivity index (χ2n) is 4.86. The van der Waals surface area contributed by atoms with Crippen LogP contribution in [0.4, 0.5) is 0 Å². The lowest BCUT2D eigenvalue weighted by Gasteiger charge is -2.32. The van der Waals surface area contributed by atoms with Crippen molar-refractivity contribution in [2.45, 2.75) is 52.0 Å². The van der Waals surface area contributed by atoms with Gasteiger partial charge in [0.1, 0.15) is 0 Å². The number of likely N-dealkylation sites (tertiary alicyclic amines) is 1. The number of piperidine rings is 1. The van der Waals surface area contributed by atoms with E-state index in [2.05, 4.69) is 18.7 Å². The topological polar surface area (TPSA) is 29.3 Å². The van der Waals surface area contributed by atoms with Crippen molar-refractivity contribution in [1.29, 1.82) is 0 Å². The maximum Gasteiger partial charge on any atom is 0.00105 e. The molecule has 2 heteroatoms. The fourth-order valence-electron chi connectivity index (χ4n) is 2.40. The van der Waals surface area contributed by atoms with Crippen LogP contribution in [0, 0.1) is 5.92 Å². The first-order valence-electron chi connectivity index (χ1n) is 6.20. The molecule has 1 rings (SSSR count). The first-order chi connectivity index (χ1) is 6.72. The molecule has 1 aliphatic heterocycles. The van der Waals surface area contributed by atoms with E-state index in [0.29, 0.717) is 6.04 Å². The number of nitrogens with zero attached hydrogens (tertiary/aromatic N) is 1. The van der Waals surface area contributed by atoms with Gasteiger partial charge in [-0.3, -0.25) is 0 Å². The van der Waals surface area contributed by atoms with Gasteiger partial charge in [-0.25, -0.2) is 0 Å². The lowest BCUT2D eigenvalue weighted by Crippen LogP contribution is -2.36. The lowest BCUT2D eigenvalue weighted by atomic mass is 9.92. The van der Waals surface area contributed by atoms with Crippen molar-refractivity contribution in [3.05, 3.63) is 0 Å². The molecule has 1 heterocycles. The summed E-state index contributed by atoms with van der Waals surface area (Å²) in [4.78, 5) is 2.62. The number of hydrogen-bond donors (Lipinski definition) is 1. The van der Waals surface area contributed by atoms with E-state index in [1.807, 2.05) is 0 Å². The predicted molar refractivity (Wildman–Crippen MR) is 62.3 cm³/mol. The zero-order chi connectivity index (χ0) is 10.4. The smallest absolute Gasteiger partial charge is 0.00105 e. The van der Waals surface area contributed by atoms with Crippen LogP contribution in [0.15, 0.2) is 0 Å². The van der Waals surface area contributed by atoms with E-state index in [4.69, 9.17) is 5.73 Å². The van der Waals surface area contributed by atoms with Gasteiger partial charge in [0.05, 0.1) is 0 Å². The van der Waals surface area contributed by atoms with Gasteiger partial charge in [0, 0.05) is 12.6 Å². The van der Waals surface area contributed by atoms with Gasteiger partial charge in [-0.2, -0.15) is 0 Å². The lowest BCUT2D eigenvalue weighted by molar-refractivity contribution is 0.166. The molecule has 2 unspecified atom stereocenters. The molecule has 0 radical (unpaired) electrons. The first kappa shape index (κ1) is 12.0. The summed E-state index contributed by atoms with van der Waals surface area (Å²) in [5.41, 5.74) is 5.79. The Kier molecular flexibility index (Phi) is 5.49. The van der Waals surface area contributed by atoms with Crippen LogP contribution in [0.3, 0.4) is 0 Å². The highest BCUT2D eigenvalue weighted by Crippen LogP contribution is 2.21. The largest absolute Gasteiger partial charge is 0.328 e. The molecule has 0 amide bonds. The molecule has 0 aromatic rings. The summed E-state index contributed by atoms with van der Waals surface area (Å²) in [5, 5.41) is 0. The Labute approximate surface area is 88.8 Å². The van der Waals surface area contributed by atoms with Gasteiger partial charge in [0.15, 0.2) is 0 Å². The molecule has 0 aliphatic carbocycles. The molecule has 1 aliphatic rings. The van der Waals surface area contributed by atoms with Crippen molar-refractivity contribution in [2.24, 2.45) is 11.7 Å². The average molecular weight is 198 g/mol. The summed E-state index contributed by atoms with van der Waals surface area (Å²) in [6.07, 6.45) is 6.64. The highest BCUT2D eigenvalue weighted by molar-refractivity contribution is 4.73. The van der Waals surface area contributed by atoms with Crippen LogP contribution in [0.25, 0.3) is 0 Å². The van der Waals surface area contributed by atoms with Crippen LogP contribution in [0.2, 0.25) is 0 Å². The summed E-state index contributed by atoms with van der Waals surface area (Å²) in [5.74, 6) is 0.918. The second kappa shape index (κ2) is 6.41. The third kappa shape index (κ3) is 4.43. The minimum atomic E-state index is 0.386. The molecular formula is C12H26N2. The number of rotatable bonds is 5. The Morgan fingerprint density at radius 2 is 2.29 bits per heavy atom. The molecule has 2 atom stereocenters. The molecular weight excluding hydrogens is 172 g/mol. The predicted octanol–water partition coefficient (Wildman–Crippen LogP) is 2.24. The van der Waals surface area contributed by atoms with Crippen molar-refractivity contribution in [1.82, 2.24) is 4.90 Å². The van der Waals surface area contributed by atoms with E-state index in [9.17, 15) is 0 Å². The molecule has 0 aromatic carbocycles. The van der Waals surface area contributed by atoms with Crippen molar-refractivity contribution < 1.29 is 0 Å². The highest BCUT2D eigenvalue weighted by Gasteiger charge is 2.18.